The normalized spacial score (nSPS) is 25.8. The van der Waals surface area contributed by atoms with Crippen LogP contribution in [0, 0.1) is 5.92 Å². The molecule has 3 amide bonds. The Morgan fingerprint density at radius 3 is 2.58 bits per heavy atom. The minimum Gasteiger partial charge on any atom is -0.353 e. The van der Waals surface area contributed by atoms with Crippen LogP contribution in [0.2, 0.25) is 0 Å². The number of nitrogens with one attached hydrogen (secondary N) is 1. The van der Waals surface area contributed by atoms with E-state index in [1.807, 2.05) is 0 Å². The standard InChI is InChI=1S/C18H29N3O3/c22-16-8-2-1-5-10-20(16)13-17(23)21-11-9-14(12-21)18(24)19-15-6-3-4-7-15/h14-15H,1-13H2,(H,19,24)/t14-/m1/s1. The number of hydrogen-bond acceptors (Lipinski definition) is 3. The SMILES string of the molecule is O=C(NC1CCCC1)[C@@H]1CCN(C(=O)CN2CCCCCC2=O)C1. The molecule has 0 radical (unpaired) electrons. The maximum atomic E-state index is 12.5. The van der Waals surface area contributed by atoms with Crippen molar-refractivity contribution in [3.63, 3.8) is 0 Å². The summed E-state index contributed by atoms with van der Waals surface area (Å²) in [6, 6.07) is 0.331. The molecule has 2 aliphatic heterocycles. The second-order valence-electron chi connectivity index (χ2n) is 7.44. The first kappa shape index (κ1) is 17.2. The predicted molar refractivity (Wildman–Crippen MR) is 90.1 cm³/mol. The second kappa shape index (κ2) is 7.99. The van der Waals surface area contributed by atoms with Crippen molar-refractivity contribution in [3.05, 3.63) is 0 Å². The van der Waals surface area contributed by atoms with Gasteiger partial charge >= 0.3 is 0 Å². The lowest BCUT2D eigenvalue weighted by atomic mass is 10.1. The molecule has 1 aliphatic carbocycles. The molecule has 0 aromatic heterocycles. The second-order valence-corrected chi connectivity index (χ2v) is 7.44. The maximum absolute atomic E-state index is 12.5. The van der Waals surface area contributed by atoms with Crippen molar-refractivity contribution in [1.29, 1.82) is 0 Å². The molecule has 6 nitrogen and oxygen atoms in total. The molecule has 3 rings (SSSR count). The van der Waals surface area contributed by atoms with Gasteiger partial charge in [0.1, 0.15) is 0 Å². The third-order valence-electron chi connectivity index (χ3n) is 5.61. The van der Waals surface area contributed by atoms with Crippen molar-refractivity contribution in [2.24, 2.45) is 5.92 Å². The lowest BCUT2D eigenvalue weighted by molar-refractivity contribution is -0.139. The fourth-order valence-corrected chi connectivity index (χ4v) is 4.06. The number of carbonyl (C=O) groups excluding carboxylic acids is 3. The van der Waals surface area contributed by atoms with Crippen molar-refractivity contribution >= 4 is 17.7 Å². The summed E-state index contributed by atoms with van der Waals surface area (Å²) in [4.78, 5) is 40.3. The van der Waals surface area contributed by atoms with Crippen LogP contribution in [-0.4, -0.2) is 59.7 Å². The molecule has 2 heterocycles. The van der Waals surface area contributed by atoms with Crippen LogP contribution in [0.4, 0.5) is 0 Å². The number of amides is 3. The highest BCUT2D eigenvalue weighted by Crippen LogP contribution is 2.21. The molecule has 3 aliphatic rings. The van der Waals surface area contributed by atoms with Crippen LogP contribution in [0.3, 0.4) is 0 Å². The summed E-state index contributed by atoms with van der Waals surface area (Å²) in [6.45, 7) is 1.99. The zero-order valence-electron chi connectivity index (χ0n) is 14.5. The van der Waals surface area contributed by atoms with E-state index in [-0.39, 0.29) is 30.2 Å². The molecule has 0 spiro atoms. The monoisotopic (exact) mass is 335 g/mol. The minimum absolute atomic E-state index is 0.0126. The van der Waals surface area contributed by atoms with Gasteiger partial charge in [0.2, 0.25) is 17.7 Å². The van der Waals surface area contributed by atoms with Crippen LogP contribution in [0.5, 0.6) is 0 Å². The highest BCUT2D eigenvalue weighted by atomic mass is 16.2. The van der Waals surface area contributed by atoms with Crippen LogP contribution >= 0.6 is 0 Å². The maximum Gasteiger partial charge on any atom is 0.242 e. The molecule has 0 bridgehead atoms. The summed E-state index contributed by atoms with van der Waals surface area (Å²) in [5, 5.41) is 3.14. The summed E-state index contributed by atoms with van der Waals surface area (Å²) in [5.41, 5.74) is 0. The highest BCUT2D eigenvalue weighted by Gasteiger charge is 2.33. The molecule has 3 fully saturated rings. The van der Waals surface area contributed by atoms with Gasteiger partial charge in [0.05, 0.1) is 12.5 Å². The van der Waals surface area contributed by atoms with E-state index in [1.54, 1.807) is 9.80 Å². The molecule has 0 unspecified atom stereocenters. The topological polar surface area (TPSA) is 69.7 Å². The van der Waals surface area contributed by atoms with Gasteiger partial charge in [-0.1, -0.05) is 19.3 Å². The first-order chi connectivity index (χ1) is 11.6. The van der Waals surface area contributed by atoms with Gasteiger partial charge in [0.15, 0.2) is 0 Å². The Labute approximate surface area is 143 Å². The van der Waals surface area contributed by atoms with Gasteiger partial charge in [-0.15, -0.1) is 0 Å². The van der Waals surface area contributed by atoms with E-state index in [4.69, 9.17) is 0 Å². The summed E-state index contributed by atoms with van der Waals surface area (Å²) in [5.74, 6) is 0.0921. The molecule has 6 heteroatoms. The molecule has 0 aromatic carbocycles. The number of nitrogens with zero attached hydrogens (tertiary/aromatic N) is 2. The molecule has 1 N–H and O–H groups in total. The molecular formula is C18H29N3O3. The van der Waals surface area contributed by atoms with Crippen molar-refractivity contribution in [2.75, 3.05) is 26.2 Å². The summed E-state index contributed by atoms with van der Waals surface area (Å²) in [6.07, 6.45) is 8.81. The van der Waals surface area contributed by atoms with Gasteiger partial charge in [0.25, 0.3) is 0 Å². The zero-order valence-corrected chi connectivity index (χ0v) is 14.5. The van der Waals surface area contributed by atoms with Crippen LogP contribution in [0.25, 0.3) is 0 Å². The fraction of sp³-hybridized carbons (Fsp3) is 0.833. The lowest BCUT2D eigenvalue weighted by Crippen LogP contribution is -2.43. The fourth-order valence-electron chi connectivity index (χ4n) is 4.06. The molecular weight excluding hydrogens is 306 g/mol. The van der Waals surface area contributed by atoms with Crippen LogP contribution in [0.15, 0.2) is 0 Å². The van der Waals surface area contributed by atoms with E-state index in [9.17, 15) is 14.4 Å². The minimum atomic E-state index is -0.0885. The van der Waals surface area contributed by atoms with Crippen LogP contribution < -0.4 is 5.32 Å². The van der Waals surface area contributed by atoms with Crippen molar-refractivity contribution < 1.29 is 14.4 Å². The molecule has 1 atom stereocenters. The van der Waals surface area contributed by atoms with Gasteiger partial charge in [-0.3, -0.25) is 14.4 Å². The van der Waals surface area contributed by atoms with Crippen LogP contribution in [-0.2, 0) is 14.4 Å². The lowest BCUT2D eigenvalue weighted by Gasteiger charge is -2.24. The number of hydrogen-bond donors (Lipinski definition) is 1. The van der Waals surface area contributed by atoms with Crippen LogP contribution in [0.1, 0.15) is 57.8 Å². The zero-order chi connectivity index (χ0) is 16.9. The first-order valence-corrected chi connectivity index (χ1v) is 9.49. The van der Waals surface area contributed by atoms with E-state index in [2.05, 4.69) is 5.32 Å². The smallest absolute Gasteiger partial charge is 0.242 e. The third-order valence-corrected chi connectivity index (χ3v) is 5.61. The average molecular weight is 335 g/mol. The van der Waals surface area contributed by atoms with Gasteiger partial charge in [-0.2, -0.15) is 0 Å². The summed E-state index contributed by atoms with van der Waals surface area (Å²) < 4.78 is 0. The van der Waals surface area contributed by atoms with E-state index in [1.165, 1.54) is 12.8 Å². The Balaban J connectivity index is 1.46. The number of likely N-dealkylation sites (tertiary alicyclic amines) is 2. The summed E-state index contributed by atoms with van der Waals surface area (Å²) in [7, 11) is 0. The first-order valence-electron chi connectivity index (χ1n) is 9.49. The molecule has 1 saturated carbocycles. The quantitative estimate of drug-likeness (QED) is 0.842. The Morgan fingerprint density at radius 1 is 1.00 bits per heavy atom. The van der Waals surface area contributed by atoms with Crippen molar-refractivity contribution in [3.8, 4) is 0 Å². The Morgan fingerprint density at radius 2 is 1.79 bits per heavy atom. The Kier molecular flexibility index (Phi) is 5.74. The Hall–Kier alpha value is -1.59. The highest BCUT2D eigenvalue weighted by molar-refractivity contribution is 5.86. The van der Waals surface area contributed by atoms with Crippen molar-refractivity contribution in [2.45, 2.75) is 63.8 Å². The largest absolute Gasteiger partial charge is 0.353 e. The van der Waals surface area contributed by atoms with E-state index >= 15 is 0 Å². The third kappa shape index (κ3) is 4.28. The number of carbonyl (C=O) groups is 3. The molecule has 2 saturated heterocycles. The Bertz CT molecular complexity index is 488. The number of rotatable bonds is 4. The van der Waals surface area contributed by atoms with E-state index < -0.39 is 0 Å². The van der Waals surface area contributed by atoms with Gasteiger partial charge in [0, 0.05) is 32.1 Å². The summed E-state index contributed by atoms with van der Waals surface area (Å²) >= 11 is 0. The van der Waals surface area contributed by atoms with Gasteiger partial charge in [-0.05, 0) is 32.1 Å². The van der Waals surface area contributed by atoms with Gasteiger partial charge in [-0.25, -0.2) is 0 Å². The average Bonchev–Trinajstić information content (AvgIpc) is 3.21. The van der Waals surface area contributed by atoms with Gasteiger partial charge < -0.3 is 15.1 Å². The molecule has 0 aromatic rings. The predicted octanol–water partition coefficient (Wildman–Crippen LogP) is 1.30. The van der Waals surface area contributed by atoms with E-state index in [0.29, 0.717) is 32.1 Å². The van der Waals surface area contributed by atoms with Crippen molar-refractivity contribution in [1.82, 2.24) is 15.1 Å². The molecule has 134 valence electrons. The molecule has 24 heavy (non-hydrogen) atoms. The van der Waals surface area contributed by atoms with E-state index in [0.717, 1.165) is 38.5 Å².